The molecule has 1 aromatic heterocycles. The van der Waals surface area contributed by atoms with Crippen molar-refractivity contribution >= 4 is 0 Å². The lowest BCUT2D eigenvalue weighted by atomic mass is 9.76. The first kappa shape index (κ1) is 11.8. The number of allylic oxidation sites excluding steroid dienone is 3. The Hall–Kier alpha value is -2.22. The maximum absolute atomic E-state index is 9.39. The van der Waals surface area contributed by atoms with E-state index in [0.29, 0.717) is 17.4 Å². The van der Waals surface area contributed by atoms with E-state index in [1.165, 1.54) is 0 Å². The predicted octanol–water partition coefficient (Wildman–Crippen LogP) is 2.24. The van der Waals surface area contributed by atoms with E-state index in [0.717, 1.165) is 30.5 Å². The summed E-state index contributed by atoms with van der Waals surface area (Å²) < 4.78 is 5.45. The Morgan fingerprint density at radius 3 is 3.11 bits per heavy atom. The van der Waals surface area contributed by atoms with E-state index in [2.05, 4.69) is 28.4 Å². The number of nitrogens with zero attached hydrogens (tertiary/aromatic N) is 2. The van der Waals surface area contributed by atoms with E-state index in [-0.39, 0.29) is 11.8 Å². The highest BCUT2D eigenvalue weighted by Crippen LogP contribution is 2.45. The fourth-order valence-corrected chi connectivity index (χ4v) is 2.99. The maximum atomic E-state index is 9.39. The summed E-state index contributed by atoms with van der Waals surface area (Å²) in [7, 11) is 0. The summed E-state index contributed by atoms with van der Waals surface area (Å²) >= 11 is 0. The molecule has 5 nitrogen and oxygen atoms in total. The molecular weight excluding hydrogens is 240 g/mol. The lowest BCUT2D eigenvalue weighted by molar-refractivity contribution is 0.355. The van der Waals surface area contributed by atoms with Crippen molar-refractivity contribution in [1.29, 1.82) is 5.26 Å². The maximum Gasteiger partial charge on any atom is 0.243 e. The standard InChI is InChI=1S/C14H16N4O/c1-8-11-12(9-5-3-2-4-6-9)10(7-15)13(16)19-14(11)18-17-8/h3,5,9,12H,2,4,6,16H2,1H3,(H,17,18). The molecule has 3 N–H and O–H groups in total. The van der Waals surface area contributed by atoms with Gasteiger partial charge in [0.15, 0.2) is 0 Å². The molecule has 19 heavy (non-hydrogen) atoms. The monoisotopic (exact) mass is 256 g/mol. The Bertz CT molecular complexity index is 605. The van der Waals surface area contributed by atoms with Gasteiger partial charge in [0.25, 0.3) is 0 Å². The second kappa shape index (κ2) is 4.47. The van der Waals surface area contributed by atoms with Gasteiger partial charge < -0.3 is 10.5 Å². The molecule has 1 aromatic rings. The van der Waals surface area contributed by atoms with Gasteiger partial charge in [0.2, 0.25) is 11.8 Å². The number of rotatable bonds is 1. The van der Waals surface area contributed by atoms with Crippen LogP contribution in [0.4, 0.5) is 0 Å². The summed E-state index contributed by atoms with van der Waals surface area (Å²) in [5, 5.41) is 16.4. The van der Waals surface area contributed by atoms with Crippen LogP contribution < -0.4 is 10.5 Å². The molecule has 0 saturated carbocycles. The first-order valence-electron chi connectivity index (χ1n) is 6.51. The second-order valence-corrected chi connectivity index (χ2v) is 5.06. The van der Waals surface area contributed by atoms with Gasteiger partial charge in [-0.25, -0.2) is 0 Å². The van der Waals surface area contributed by atoms with Gasteiger partial charge in [-0.05, 0) is 32.1 Å². The summed E-state index contributed by atoms with van der Waals surface area (Å²) in [6, 6.07) is 2.21. The van der Waals surface area contributed by atoms with Crippen molar-refractivity contribution in [3.05, 3.63) is 34.9 Å². The van der Waals surface area contributed by atoms with E-state index in [1.54, 1.807) is 0 Å². The van der Waals surface area contributed by atoms with Gasteiger partial charge in [0.1, 0.15) is 6.07 Å². The third-order valence-corrected chi connectivity index (χ3v) is 3.89. The van der Waals surface area contributed by atoms with Crippen LogP contribution in [0.3, 0.4) is 0 Å². The van der Waals surface area contributed by atoms with Crippen molar-refractivity contribution in [2.24, 2.45) is 11.7 Å². The van der Waals surface area contributed by atoms with Crippen molar-refractivity contribution in [3.63, 3.8) is 0 Å². The fourth-order valence-electron chi connectivity index (χ4n) is 2.99. The smallest absolute Gasteiger partial charge is 0.243 e. The van der Waals surface area contributed by atoms with Gasteiger partial charge in [0.05, 0.1) is 5.57 Å². The topological polar surface area (TPSA) is 87.7 Å². The van der Waals surface area contributed by atoms with Crippen LogP contribution in [0.15, 0.2) is 23.6 Å². The molecule has 0 radical (unpaired) electrons. The van der Waals surface area contributed by atoms with E-state index in [4.69, 9.17) is 10.5 Å². The number of fused-ring (bicyclic) bond motifs is 1. The Morgan fingerprint density at radius 1 is 1.58 bits per heavy atom. The molecule has 0 aromatic carbocycles. The minimum atomic E-state index is -0.0379. The Balaban J connectivity index is 2.12. The molecular formula is C14H16N4O. The number of aromatic nitrogens is 2. The summed E-state index contributed by atoms with van der Waals surface area (Å²) in [6.45, 7) is 1.95. The number of ether oxygens (including phenoxy) is 1. The SMILES string of the molecule is Cc1[nH]nc2c1C(C1C=CCCC1)C(C#N)=C(N)O2. The van der Waals surface area contributed by atoms with Crippen LogP contribution in [-0.4, -0.2) is 10.2 Å². The second-order valence-electron chi connectivity index (χ2n) is 5.06. The minimum Gasteiger partial charge on any atom is -0.420 e. The van der Waals surface area contributed by atoms with Crippen LogP contribution in [0.25, 0.3) is 0 Å². The Kier molecular flexibility index (Phi) is 2.79. The lowest BCUT2D eigenvalue weighted by Crippen LogP contribution is -2.25. The van der Waals surface area contributed by atoms with Gasteiger partial charge in [-0.15, -0.1) is 5.10 Å². The summed E-state index contributed by atoms with van der Waals surface area (Å²) in [5.41, 5.74) is 8.31. The normalized spacial score (nSPS) is 25.7. The van der Waals surface area contributed by atoms with Crippen molar-refractivity contribution in [2.45, 2.75) is 32.1 Å². The zero-order chi connectivity index (χ0) is 13.4. The number of nitriles is 1. The number of hydrogen-bond donors (Lipinski definition) is 2. The average molecular weight is 256 g/mol. The molecule has 1 aliphatic carbocycles. The molecule has 0 spiro atoms. The van der Waals surface area contributed by atoms with Crippen molar-refractivity contribution in [1.82, 2.24) is 10.2 Å². The minimum absolute atomic E-state index is 0.0379. The van der Waals surface area contributed by atoms with Crippen molar-refractivity contribution in [3.8, 4) is 11.9 Å². The third-order valence-electron chi connectivity index (χ3n) is 3.89. The zero-order valence-electron chi connectivity index (χ0n) is 10.8. The highest BCUT2D eigenvalue weighted by atomic mass is 16.5. The fraction of sp³-hybridized carbons (Fsp3) is 0.429. The molecule has 98 valence electrons. The molecule has 0 fully saturated rings. The van der Waals surface area contributed by atoms with E-state index in [9.17, 15) is 5.26 Å². The number of hydrogen-bond acceptors (Lipinski definition) is 4. The lowest BCUT2D eigenvalue weighted by Gasteiger charge is -2.30. The van der Waals surface area contributed by atoms with Gasteiger partial charge >= 0.3 is 0 Å². The van der Waals surface area contributed by atoms with Crippen LogP contribution in [0.1, 0.15) is 36.4 Å². The first-order chi connectivity index (χ1) is 9.22. The van der Waals surface area contributed by atoms with Crippen LogP contribution in [0, 0.1) is 24.2 Å². The highest BCUT2D eigenvalue weighted by Gasteiger charge is 2.37. The van der Waals surface area contributed by atoms with Gasteiger partial charge in [-0.2, -0.15) is 5.26 Å². The van der Waals surface area contributed by atoms with Crippen LogP contribution in [-0.2, 0) is 0 Å². The van der Waals surface area contributed by atoms with Crippen LogP contribution >= 0.6 is 0 Å². The first-order valence-corrected chi connectivity index (χ1v) is 6.51. The van der Waals surface area contributed by atoms with E-state index >= 15 is 0 Å². The van der Waals surface area contributed by atoms with Crippen molar-refractivity contribution in [2.75, 3.05) is 0 Å². The quantitative estimate of drug-likeness (QED) is 0.754. The summed E-state index contributed by atoms with van der Waals surface area (Å²) in [4.78, 5) is 0. The van der Waals surface area contributed by atoms with Gasteiger partial charge in [-0.3, -0.25) is 5.10 Å². The van der Waals surface area contributed by atoms with Gasteiger partial charge in [-0.1, -0.05) is 12.2 Å². The largest absolute Gasteiger partial charge is 0.420 e. The molecule has 2 atom stereocenters. The van der Waals surface area contributed by atoms with Crippen molar-refractivity contribution < 1.29 is 4.74 Å². The molecule has 2 unspecified atom stereocenters. The number of nitrogens with two attached hydrogens (primary N) is 1. The molecule has 2 aliphatic rings. The Labute approximate surface area is 111 Å². The molecule has 0 saturated heterocycles. The number of aryl methyl sites for hydroxylation is 1. The number of H-pyrrole nitrogens is 1. The Morgan fingerprint density at radius 2 is 2.42 bits per heavy atom. The molecule has 2 heterocycles. The number of nitrogens with one attached hydrogen (secondary N) is 1. The molecule has 3 rings (SSSR count). The van der Waals surface area contributed by atoms with E-state index in [1.807, 2.05) is 6.92 Å². The van der Waals surface area contributed by atoms with Crippen LogP contribution in [0.2, 0.25) is 0 Å². The third kappa shape index (κ3) is 1.80. The van der Waals surface area contributed by atoms with E-state index < -0.39 is 0 Å². The summed E-state index contributed by atoms with van der Waals surface area (Å²) in [6.07, 6.45) is 7.69. The molecule has 1 aliphatic heterocycles. The highest BCUT2D eigenvalue weighted by molar-refractivity contribution is 5.49. The molecule has 5 heteroatoms. The summed E-state index contributed by atoms with van der Waals surface area (Å²) in [5.74, 6) is 0.952. The predicted molar refractivity (Wildman–Crippen MR) is 70.0 cm³/mol. The zero-order valence-corrected chi connectivity index (χ0v) is 10.8. The number of aromatic amines is 1. The van der Waals surface area contributed by atoms with Gasteiger partial charge in [0, 0.05) is 17.2 Å². The molecule has 0 amide bonds. The average Bonchev–Trinajstić information content (AvgIpc) is 2.79. The van der Waals surface area contributed by atoms with Crippen LogP contribution in [0.5, 0.6) is 5.88 Å². The molecule has 0 bridgehead atoms.